The smallest absolute Gasteiger partial charge is 0.0647 e. The third-order valence-electron chi connectivity index (χ3n) is 1.39. The van der Waals surface area contributed by atoms with Gasteiger partial charge in [-0.05, 0) is 18.1 Å². The van der Waals surface area contributed by atoms with E-state index in [2.05, 4.69) is 0 Å². The van der Waals surface area contributed by atoms with E-state index in [0.29, 0.717) is 0 Å². The van der Waals surface area contributed by atoms with Crippen LogP contribution in [0.25, 0.3) is 0 Å². The van der Waals surface area contributed by atoms with Crippen LogP contribution in [0.3, 0.4) is 0 Å². The summed E-state index contributed by atoms with van der Waals surface area (Å²) in [6.07, 6.45) is 7.92. The number of aliphatic hydroxyl groups is 1. The summed E-state index contributed by atoms with van der Waals surface area (Å²) in [4.78, 5) is 0. The van der Waals surface area contributed by atoms with Gasteiger partial charge >= 0.3 is 0 Å². The first-order chi connectivity index (χ1) is 4.34. The maximum Gasteiger partial charge on any atom is 0.0647 e. The van der Waals surface area contributed by atoms with Crippen LogP contribution in [-0.2, 0) is 0 Å². The van der Waals surface area contributed by atoms with Crippen LogP contribution in [0, 0.1) is 0 Å². The quantitative estimate of drug-likeness (QED) is 0.557. The summed E-state index contributed by atoms with van der Waals surface area (Å²) in [6, 6.07) is 0. The minimum absolute atomic E-state index is 0.157. The molecule has 0 unspecified atom stereocenters. The first kappa shape index (κ1) is 6.30. The second-order valence-electron chi connectivity index (χ2n) is 2.11. The van der Waals surface area contributed by atoms with Gasteiger partial charge in [0.15, 0.2) is 0 Å². The van der Waals surface area contributed by atoms with E-state index in [9.17, 15) is 0 Å². The van der Waals surface area contributed by atoms with Crippen molar-refractivity contribution in [2.45, 2.75) is 6.92 Å². The lowest BCUT2D eigenvalue weighted by Gasteiger charge is -1.95. The summed E-state index contributed by atoms with van der Waals surface area (Å²) in [5.41, 5.74) is 2.16. The number of allylic oxidation sites excluding steroid dienone is 5. The zero-order chi connectivity index (χ0) is 6.69. The molecule has 1 nitrogen and oxygen atoms in total. The van der Waals surface area contributed by atoms with Crippen molar-refractivity contribution in [2.24, 2.45) is 0 Å². The Hall–Kier alpha value is -0.820. The fourth-order valence-corrected chi connectivity index (χ4v) is 0.750. The van der Waals surface area contributed by atoms with Gasteiger partial charge in [-0.3, -0.25) is 0 Å². The highest BCUT2D eigenvalue weighted by Gasteiger charge is 1.95. The molecule has 0 aliphatic heterocycles. The van der Waals surface area contributed by atoms with Crippen molar-refractivity contribution in [1.29, 1.82) is 0 Å². The highest BCUT2D eigenvalue weighted by atomic mass is 16.3. The molecule has 0 saturated heterocycles. The fourth-order valence-electron chi connectivity index (χ4n) is 0.750. The van der Waals surface area contributed by atoms with Gasteiger partial charge in [-0.1, -0.05) is 24.3 Å². The van der Waals surface area contributed by atoms with E-state index in [1.54, 1.807) is 0 Å². The average molecular weight is 122 g/mol. The molecule has 0 spiro atoms. The van der Waals surface area contributed by atoms with Crippen LogP contribution in [-0.4, -0.2) is 11.7 Å². The normalized spacial score (nSPS) is 15.1. The third-order valence-corrected chi connectivity index (χ3v) is 1.39. The van der Waals surface area contributed by atoms with Gasteiger partial charge in [-0.15, -0.1) is 0 Å². The third kappa shape index (κ3) is 1.30. The van der Waals surface area contributed by atoms with Crippen molar-refractivity contribution in [2.75, 3.05) is 6.61 Å². The van der Waals surface area contributed by atoms with E-state index < -0.39 is 0 Å². The summed E-state index contributed by atoms with van der Waals surface area (Å²) in [5.74, 6) is 0. The second kappa shape index (κ2) is 2.65. The molecule has 1 rings (SSSR count). The van der Waals surface area contributed by atoms with Crippen LogP contribution in [0.4, 0.5) is 0 Å². The van der Waals surface area contributed by atoms with E-state index in [1.165, 1.54) is 0 Å². The van der Waals surface area contributed by atoms with Gasteiger partial charge in [-0.25, -0.2) is 0 Å². The van der Waals surface area contributed by atoms with Crippen molar-refractivity contribution in [3.8, 4) is 0 Å². The monoisotopic (exact) mass is 122 g/mol. The summed E-state index contributed by atoms with van der Waals surface area (Å²) in [6.45, 7) is 2.08. The summed E-state index contributed by atoms with van der Waals surface area (Å²) < 4.78 is 0. The molecule has 0 aromatic heterocycles. The maximum absolute atomic E-state index is 8.67. The molecule has 0 aromatic rings. The summed E-state index contributed by atoms with van der Waals surface area (Å²) >= 11 is 0. The molecule has 0 bridgehead atoms. The van der Waals surface area contributed by atoms with Crippen LogP contribution in [0.2, 0.25) is 0 Å². The predicted molar refractivity (Wildman–Crippen MR) is 38.1 cm³/mol. The Morgan fingerprint density at radius 3 is 2.44 bits per heavy atom. The second-order valence-corrected chi connectivity index (χ2v) is 2.11. The Bertz CT molecular complexity index is 171. The minimum Gasteiger partial charge on any atom is -0.392 e. The molecular formula is C8H10O. The molecule has 1 aliphatic carbocycles. The lowest BCUT2D eigenvalue weighted by atomic mass is 10.1. The Kier molecular flexibility index (Phi) is 1.85. The van der Waals surface area contributed by atoms with Crippen LogP contribution < -0.4 is 0 Å². The van der Waals surface area contributed by atoms with Crippen molar-refractivity contribution in [3.05, 3.63) is 35.5 Å². The molecule has 48 valence electrons. The fraction of sp³-hybridized carbons (Fsp3) is 0.250. The molecule has 0 radical (unpaired) electrons. The Labute approximate surface area is 55.0 Å². The van der Waals surface area contributed by atoms with Crippen LogP contribution >= 0.6 is 0 Å². The maximum atomic E-state index is 8.67. The molecule has 1 N–H and O–H groups in total. The van der Waals surface area contributed by atoms with Gasteiger partial charge < -0.3 is 5.11 Å². The van der Waals surface area contributed by atoms with Crippen molar-refractivity contribution in [1.82, 2.24) is 0 Å². The van der Waals surface area contributed by atoms with E-state index in [0.717, 1.165) is 11.1 Å². The molecule has 1 aliphatic rings. The number of hydrogen-bond donors (Lipinski definition) is 1. The van der Waals surface area contributed by atoms with Crippen molar-refractivity contribution in [3.63, 3.8) is 0 Å². The molecule has 0 aromatic carbocycles. The van der Waals surface area contributed by atoms with Crippen molar-refractivity contribution >= 4 is 0 Å². The summed E-state index contributed by atoms with van der Waals surface area (Å²) in [5, 5.41) is 8.67. The lowest BCUT2D eigenvalue weighted by Crippen LogP contribution is -1.86. The highest BCUT2D eigenvalue weighted by Crippen LogP contribution is 2.11. The van der Waals surface area contributed by atoms with Gasteiger partial charge in [0.25, 0.3) is 0 Å². The molecular weight excluding hydrogens is 112 g/mol. The topological polar surface area (TPSA) is 20.2 Å². The van der Waals surface area contributed by atoms with Crippen LogP contribution in [0.15, 0.2) is 35.5 Å². The first-order valence-electron chi connectivity index (χ1n) is 3.00. The highest BCUT2D eigenvalue weighted by molar-refractivity contribution is 5.42. The zero-order valence-electron chi connectivity index (χ0n) is 5.46. The van der Waals surface area contributed by atoms with Crippen molar-refractivity contribution < 1.29 is 5.11 Å². The Morgan fingerprint density at radius 2 is 2.00 bits per heavy atom. The number of hydrogen-bond acceptors (Lipinski definition) is 1. The standard InChI is InChI=1S/C8H10O/c1-7(6-9)8-4-2-3-5-8/h2-5,9H,6H2,1H3. The Balaban J connectivity index is 2.81. The van der Waals surface area contributed by atoms with E-state index >= 15 is 0 Å². The van der Waals surface area contributed by atoms with E-state index in [4.69, 9.17) is 5.11 Å². The zero-order valence-corrected chi connectivity index (χ0v) is 5.46. The number of rotatable bonds is 1. The van der Waals surface area contributed by atoms with Gasteiger partial charge in [0.1, 0.15) is 0 Å². The number of aliphatic hydroxyl groups excluding tert-OH is 1. The molecule has 0 heterocycles. The summed E-state index contributed by atoms with van der Waals surface area (Å²) in [7, 11) is 0. The molecule has 0 saturated carbocycles. The lowest BCUT2D eigenvalue weighted by molar-refractivity contribution is 0.331. The first-order valence-corrected chi connectivity index (χ1v) is 3.00. The SMILES string of the molecule is CC(CO)=C1C=CC=C1. The molecule has 0 amide bonds. The Morgan fingerprint density at radius 1 is 1.44 bits per heavy atom. The van der Waals surface area contributed by atoms with E-state index in [1.807, 2.05) is 31.2 Å². The van der Waals surface area contributed by atoms with Crippen LogP contribution in [0.1, 0.15) is 6.92 Å². The van der Waals surface area contributed by atoms with E-state index in [-0.39, 0.29) is 6.61 Å². The molecule has 0 fully saturated rings. The van der Waals surface area contributed by atoms with Gasteiger partial charge in [0, 0.05) is 0 Å². The van der Waals surface area contributed by atoms with Gasteiger partial charge in [-0.2, -0.15) is 0 Å². The molecule has 1 heteroatoms. The van der Waals surface area contributed by atoms with Crippen LogP contribution in [0.5, 0.6) is 0 Å². The molecule has 9 heavy (non-hydrogen) atoms. The predicted octanol–water partition coefficient (Wildman–Crippen LogP) is 1.42. The van der Waals surface area contributed by atoms with Gasteiger partial charge in [0.2, 0.25) is 0 Å². The average Bonchev–Trinajstić information content (AvgIpc) is 2.37. The molecule has 0 atom stereocenters. The largest absolute Gasteiger partial charge is 0.392 e. The minimum atomic E-state index is 0.157. The van der Waals surface area contributed by atoms with Gasteiger partial charge in [0.05, 0.1) is 6.61 Å².